The molecule has 0 aromatic carbocycles. The lowest BCUT2D eigenvalue weighted by Gasteiger charge is -1.94. The highest BCUT2D eigenvalue weighted by atomic mass is 19.5. The van der Waals surface area contributed by atoms with Crippen LogP contribution in [0.4, 0.5) is 17.3 Å². The number of halogens is 4. The average Bonchev–Trinajstić information content (AvgIpc) is 1.92. The zero-order valence-electron chi connectivity index (χ0n) is 7.35. The first-order chi connectivity index (χ1) is 5.80. The molecule has 0 radical (unpaired) electrons. The Hall–Kier alpha value is -1.07. The van der Waals surface area contributed by atoms with Gasteiger partial charge in [0.25, 0.3) is 0 Å². The van der Waals surface area contributed by atoms with Gasteiger partial charge in [-0.2, -0.15) is 0 Å². The number of aromatic nitrogens is 1. The zero-order valence-corrected chi connectivity index (χ0v) is 7.35. The molecule has 0 atom stereocenters. The van der Waals surface area contributed by atoms with Gasteiger partial charge in [0.1, 0.15) is 7.05 Å². The van der Waals surface area contributed by atoms with Crippen molar-refractivity contribution < 1.29 is 21.8 Å². The van der Waals surface area contributed by atoms with Crippen LogP contribution in [0.5, 0.6) is 0 Å². The number of aryl methyl sites for hydroxylation is 2. The minimum Gasteiger partial charge on any atom is -0.418 e. The molecule has 1 aromatic rings. The molecule has 0 spiro atoms. The Morgan fingerprint density at radius 3 is 1.85 bits per heavy atom. The van der Waals surface area contributed by atoms with Crippen molar-refractivity contribution in [3.05, 3.63) is 30.1 Å². The van der Waals surface area contributed by atoms with Gasteiger partial charge in [-0.15, -0.1) is 0 Å². The predicted molar refractivity (Wildman–Crippen MR) is 42.5 cm³/mol. The van der Waals surface area contributed by atoms with Gasteiger partial charge in [0.05, 0.1) is 0 Å². The van der Waals surface area contributed by atoms with E-state index in [-0.39, 0.29) is 0 Å². The summed E-state index contributed by atoms with van der Waals surface area (Å²) in [6.45, 7) is 2.08. The van der Waals surface area contributed by atoms with E-state index in [0.29, 0.717) is 0 Å². The van der Waals surface area contributed by atoms with Gasteiger partial charge in [-0.05, 0) is 0 Å². The lowest BCUT2D eigenvalue weighted by Crippen LogP contribution is -2.30. The second-order valence-corrected chi connectivity index (χ2v) is 2.45. The molecular weight excluding hydrogens is 185 g/mol. The van der Waals surface area contributed by atoms with Crippen molar-refractivity contribution >= 4 is 7.25 Å². The molecule has 0 aliphatic carbocycles. The summed E-state index contributed by atoms with van der Waals surface area (Å²) in [5, 5.41) is 0. The Morgan fingerprint density at radius 1 is 1.15 bits per heavy atom. The molecule has 0 aliphatic heterocycles. The van der Waals surface area contributed by atoms with Gasteiger partial charge in [-0.1, -0.05) is 6.07 Å². The monoisotopic (exact) mass is 195 g/mol. The SMILES string of the molecule is Cc1cccc[n+]1C.F[B-](F)(F)F. The topological polar surface area (TPSA) is 3.88 Å². The molecule has 0 N–H and O–H groups in total. The summed E-state index contributed by atoms with van der Waals surface area (Å²) >= 11 is 0. The Labute approximate surface area is 74.1 Å². The average molecular weight is 195 g/mol. The van der Waals surface area contributed by atoms with Crippen molar-refractivity contribution in [1.29, 1.82) is 0 Å². The van der Waals surface area contributed by atoms with Crippen molar-refractivity contribution in [2.75, 3.05) is 0 Å². The summed E-state index contributed by atoms with van der Waals surface area (Å²) in [4.78, 5) is 0. The Kier molecular flexibility index (Phi) is 4.44. The molecule has 1 heterocycles. The van der Waals surface area contributed by atoms with E-state index < -0.39 is 7.25 Å². The summed E-state index contributed by atoms with van der Waals surface area (Å²) < 4.78 is 41.1. The number of hydrogen-bond donors (Lipinski definition) is 0. The molecule has 0 saturated heterocycles. The molecule has 1 nitrogen and oxygen atoms in total. The lowest BCUT2D eigenvalue weighted by molar-refractivity contribution is -0.677. The van der Waals surface area contributed by atoms with Gasteiger partial charge in [0.15, 0.2) is 11.9 Å². The molecule has 0 bridgehead atoms. The van der Waals surface area contributed by atoms with Crippen LogP contribution in [0, 0.1) is 6.92 Å². The third-order valence-corrected chi connectivity index (χ3v) is 1.31. The molecule has 1 aromatic heterocycles. The maximum absolute atomic E-state index is 9.75. The minimum atomic E-state index is -6.00. The van der Waals surface area contributed by atoms with Gasteiger partial charge in [-0.25, -0.2) is 4.57 Å². The fourth-order valence-corrected chi connectivity index (χ4v) is 0.609. The van der Waals surface area contributed by atoms with Crippen LogP contribution in [0.2, 0.25) is 0 Å². The van der Waals surface area contributed by atoms with Crippen molar-refractivity contribution in [2.45, 2.75) is 6.92 Å². The maximum Gasteiger partial charge on any atom is 0.673 e. The normalized spacial score (nSPS) is 10.3. The van der Waals surface area contributed by atoms with E-state index in [2.05, 4.69) is 17.6 Å². The van der Waals surface area contributed by atoms with E-state index in [0.717, 1.165) is 0 Å². The van der Waals surface area contributed by atoms with Crippen LogP contribution in [0.25, 0.3) is 0 Å². The first-order valence-corrected chi connectivity index (χ1v) is 3.59. The molecule has 6 heteroatoms. The van der Waals surface area contributed by atoms with Crippen LogP contribution < -0.4 is 4.57 Å². The van der Waals surface area contributed by atoms with Crippen molar-refractivity contribution in [3.63, 3.8) is 0 Å². The van der Waals surface area contributed by atoms with Gasteiger partial charge in [-0.3, -0.25) is 0 Å². The highest BCUT2D eigenvalue weighted by molar-refractivity contribution is 6.50. The Balaban J connectivity index is 0.000000252. The summed E-state index contributed by atoms with van der Waals surface area (Å²) in [5.41, 5.74) is 1.28. The Morgan fingerprint density at radius 2 is 1.62 bits per heavy atom. The molecule has 13 heavy (non-hydrogen) atoms. The first-order valence-electron chi connectivity index (χ1n) is 3.59. The van der Waals surface area contributed by atoms with Crippen molar-refractivity contribution in [1.82, 2.24) is 0 Å². The predicted octanol–water partition coefficient (Wildman–Crippen LogP) is 2.12. The van der Waals surface area contributed by atoms with E-state index in [1.807, 2.05) is 25.4 Å². The van der Waals surface area contributed by atoms with Crippen LogP contribution in [-0.2, 0) is 7.05 Å². The number of nitrogens with zero attached hydrogens (tertiary/aromatic N) is 1. The minimum absolute atomic E-state index is 1.28. The molecule has 0 unspecified atom stereocenters. The van der Waals surface area contributed by atoms with Gasteiger partial charge < -0.3 is 17.3 Å². The molecular formula is C7H10BF4N. The molecule has 0 fully saturated rings. The third-order valence-electron chi connectivity index (χ3n) is 1.31. The van der Waals surface area contributed by atoms with Crippen molar-refractivity contribution in [2.24, 2.45) is 7.05 Å². The maximum atomic E-state index is 9.75. The zero-order chi connectivity index (χ0) is 10.5. The fraction of sp³-hybridized carbons (Fsp3) is 0.286. The quantitative estimate of drug-likeness (QED) is 0.339. The van der Waals surface area contributed by atoms with E-state index in [4.69, 9.17) is 0 Å². The fourth-order valence-electron chi connectivity index (χ4n) is 0.609. The highest BCUT2D eigenvalue weighted by Gasteiger charge is 2.20. The van der Waals surface area contributed by atoms with Crippen LogP contribution in [0.3, 0.4) is 0 Å². The molecule has 74 valence electrons. The Bertz CT molecular complexity index is 234. The largest absolute Gasteiger partial charge is 0.673 e. The van der Waals surface area contributed by atoms with Gasteiger partial charge in [0.2, 0.25) is 0 Å². The van der Waals surface area contributed by atoms with Crippen LogP contribution >= 0.6 is 0 Å². The van der Waals surface area contributed by atoms with E-state index >= 15 is 0 Å². The van der Waals surface area contributed by atoms with Crippen molar-refractivity contribution in [3.8, 4) is 0 Å². The second-order valence-electron chi connectivity index (χ2n) is 2.45. The second kappa shape index (κ2) is 4.84. The summed E-state index contributed by atoms with van der Waals surface area (Å²) in [7, 11) is -3.96. The standard InChI is InChI=1S/C7H10N.BF4/c1-7-5-3-4-6-8(7)2;2-1(3,4)5/h3-6H,1-2H3;/q+1;-1. The summed E-state index contributed by atoms with van der Waals surface area (Å²) in [6.07, 6.45) is 2.04. The molecule has 1 rings (SSSR count). The smallest absolute Gasteiger partial charge is 0.418 e. The van der Waals surface area contributed by atoms with E-state index in [1.54, 1.807) is 0 Å². The van der Waals surface area contributed by atoms with Crippen LogP contribution in [0.15, 0.2) is 24.4 Å². The molecule has 0 amide bonds. The van der Waals surface area contributed by atoms with Crippen LogP contribution in [0.1, 0.15) is 5.69 Å². The van der Waals surface area contributed by atoms with E-state index in [1.165, 1.54) is 5.69 Å². The van der Waals surface area contributed by atoms with E-state index in [9.17, 15) is 17.3 Å². The molecule has 0 aliphatic rings. The van der Waals surface area contributed by atoms with Gasteiger partial charge in [0, 0.05) is 19.1 Å². The summed E-state index contributed by atoms with van der Waals surface area (Å²) in [5.74, 6) is 0. The van der Waals surface area contributed by atoms with Crippen LogP contribution in [-0.4, -0.2) is 7.25 Å². The lowest BCUT2D eigenvalue weighted by atomic mass is 10.3. The first kappa shape index (κ1) is 11.9. The third kappa shape index (κ3) is 8.84. The summed E-state index contributed by atoms with van der Waals surface area (Å²) in [6, 6.07) is 6.14. The highest BCUT2D eigenvalue weighted by Crippen LogP contribution is 2.06. The number of rotatable bonds is 0. The molecule has 0 saturated carbocycles. The number of pyridine rings is 1. The number of hydrogen-bond acceptors (Lipinski definition) is 0. The van der Waals surface area contributed by atoms with Gasteiger partial charge >= 0.3 is 7.25 Å².